The van der Waals surface area contributed by atoms with E-state index < -0.39 is 16.6 Å². The predicted molar refractivity (Wildman–Crippen MR) is 75.3 cm³/mol. The van der Waals surface area contributed by atoms with Crippen molar-refractivity contribution in [3.63, 3.8) is 0 Å². The minimum absolute atomic E-state index is 0.102. The summed E-state index contributed by atoms with van der Waals surface area (Å²) in [7, 11) is 0. The van der Waals surface area contributed by atoms with E-state index in [0.29, 0.717) is 6.54 Å². The smallest absolute Gasteiger partial charge is 0.270 e. The number of nitrogens with zero attached hydrogens (tertiary/aromatic N) is 1. The Balaban J connectivity index is 2.16. The number of halogens is 1. The van der Waals surface area contributed by atoms with Crippen molar-refractivity contribution >= 4 is 11.6 Å². The molecular weight excluding hydrogens is 277 g/mol. The topological polar surface area (TPSA) is 98.3 Å². The summed E-state index contributed by atoms with van der Waals surface area (Å²) in [6.07, 6.45) is 3.78. The lowest BCUT2D eigenvalue weighted by molar-refractivity contribution is -0.384. The number of carbonyl (C=O) groups excluding carboxylic acids is 1. The Bertz CT molecular complexity index is 550. The third-order valence-electron chi connectivity index (χ3n) is 3.93. The van der Waals surface area contributed by atoms with Gasteiger partial charge in [-0.1, -0.05) is 12.8 Å². The first-order chi connectivity index (χ1) is 10.0. The van der Waals surface area contributed by atoms with E-state index in [-0.39, 0.29) is 23.2 Å². The van der Waals surface area contributed by atoms with Crippen LogP contribution in [0.15, 0.2) is 18.2 Å². The van der Waals surface area contributed by atoms with E-state index in [1.165, 1.54) is 0 Å². The quantitative estimate of drug-likeness (QED) is 0.655. The zero-order valence-electron chi connectivity index (χ0n) is 11.5. The second kappa shape index (κ2) is 6.62. The van der Waals surface area contributed by atoms with E-state index in [4.69, 9.17) is 5.73 Å². The molecule has 0 saturated heterocycles. The maximum Gasteiger partial charge on any atom is 0.270 e. The van der Waals surface area contributed by atoms with Gasteiger partial charge in [0.25, 0.3) is 11.6 Å². The Morgan fingerprint density at radius 3 is 2.81 bits per heavy atom. The number of nitrogens with two attached hydrogens (primary N) is 1. The number of nitrogens with one attached hydrogen (secondary N) is 1. The van der Waals surface area contributed by atoms with Crippen LogP contribution in [0, 0.1) is 21.8 Å². The summed E-state index contributed by atoms with van der Waals surface area (Å²) in [5.74, 6) is -1.22. The summed E-state index contributed by atoms with van der Waals surface area (Å²) in [5, 5.41) is 13.5. The second-order valence-corrected chi connectivity index (χ2v) is 5.28. The minimum Gasteiger partial charge on any atom is -0.349 e. The van der Waals surface area contributed by atoms with Crippen LogP contribution in [-0.4, -0.2) is 23.4 Å². The van der Waals surface area contributed by atoms with Crippen molar-refractivity contribution in [3.8, 4) is 0 Å². The summed E-state index contributed by atoms with van der Waals surface area (Å²) >= 11 is 0. The van der Waals surface area contributed by atoms with Gasteiger partial charge in [0.05, 0.1) is 10.5 Å². The first kappa shape index (κ1) is 15.4. The van der Waals surface area contributed by atoms with Crippen molar-refractivity contribution in [2.24, 2.45) is 11.7 Å². The zero-order valence-corrected chi connectivity index (χ0v) is 11.5. The maximum atomic E-state index is 13.7. The molecule has 0 heterocycles. The number of benzene rings is 1. The zero-order chi connectivity index (χ0) is 15.4. The highest BCUT2D eigenvalue weighted by molar-refractivity contribution is 5.95. The van der Waals surface area contributed by atoms with Gasteiger partial charge in [-0.3, -0.25) is 14.9 Å². The molecule has 2 unspecified atom stereocenters. The van der Waals surface area contributed by atoms with E-state index in [1.54, 1.807) is 0 Å². The lowest BCUT2D eigenvalue weighted by Crippen LogP contribution is -2.44. The van der Waals surface area contributed by atoms with Crippen molar-refractivity contribution in [3.05, 3.63) is 39.7 Å². The summed E-state index contributed by atoms with van der Waals surface area (Å²) in [6.45, 7) is 0.461. The largest absolute Gasteiger partial charge is 0.349 e. The molecule has 1 aliphatic rings. The molecule has 0 bridgehead atoms. The first-order valence-electron chi connectivity index (χ1n) is 6.97. The number of hydrogen-bond acceptors (Lipinski definition) is 4. The number of rotatable bonds is 4. The fourth-order valence-electron chi connectivity index (χ4n) is 2.73. The third-order valence-corrected chi connectivity index (χ3v) is 3.93. The van der Waals surface area contributed by atoms with Gasteiger partial charge in [-0.25, -0.2) is 4.39 Å². The molecule has 6 nitrogen and oxygen atoms in total. The van der Waals surface area contributed by atoms with Gasteiger partial charge in [-0.2, -0.15) is 0 Å². The van der Waals surface area contributed by atoms with Gasteiger partial charge in [0.2, 0.25) is 0 Å². The van der Waals surface area contributed by atoms with Crippen LogP contribution < -0.4 is 11.1 Å². The molecule has 2 atom stereocenters. The van der Waals surface area contributed by atoms with Crippen LogP contribution in [0.25, 0.3) is 0 Å². The van der Waals surface area contributed by atoms with Gasteiger partial charge in [0.15, 0.2) is 0 Å². The second-order valence-electron chi connectivity index (χ2n) is 5.28. The number of nitro benzene ring substituents is 1. The van der Waals surface area contributed by atoms with E-state index in [2.05, 4.69) is 5.32 Å². The average molecular weight is 295 g/mol. The van der Waals surface area contributed by atoms with Crippen LogP contribution in [0.2, 0.25) is 0 Å². The highest BCUT2D eigenvalue weighted by Gasteiger charge is 2.27. The molecule has 3 N–H and O–H groups in total. The number of hydrogen-bond donors (Lipinski definition) is 2. The van der Waals surface area contributed by atoms with E-state index in [0.717, 1.165) is 43.9 Å². The van der Waals surface area contributed by atoms with Gasteiger partial charge in [-0.05, 0) is 31.4 Å². The van der Waals surface area contributed by atoms with Crippen molar-refractivity contribution in [1.82, 2.24) is 5.32 Å². The molecular formula is C14H18FN3O3. The van der Waals surface area contributed by atoms with Gasteiger partial charge < -0.3 is 11.1 Å². The Morgan fingerprint density at radius 2 is 2.14 bits per heavy atom. The molecule has 114 valence electrons. The molecule has 0 aromatic heterocycles. The molecule has 1 amide bonds. The minimum atomic E-state index is -0.766. The van der Waals surface area contributed by atoms with Gasteiger partial charge in [0.1, 0.15) is 5.82 Å². The maximum absolute atomic E-state index is 13.7. The van der Waals surface area contributed by atoms with Crippen molar-refractivity contribution in [2.75, 3.05) is 6.54 Å². The van der Waals surface area contributed by atoms with Crippen LogP contribution in [0.3, 0.4) is 0 Å². The summed E-state index contributed by atoms with van der Waals surface area (Å²) < 4.78 is 13.7. The van der Waals surface area contributed by atoms with Crippen LogP contribution in [0.4, 0.5) is 10.1 Å². The number of carbonyl (C=O) groups is 1. The molecule has 7 heteroatoms. The van der Waals surface area contributed by atoms with E-state index >= 15 is 0 Å². The highest BCUT2D eigenvalue weighted by Crippen LogP contribution is 2.24. The van der Waals surface area contributed by atoms with Crippen molar-refractivity contribution < 1.29 is 14.1 Å². The summed E-state index contributed by atoms with van der Waals surface area (Å²) in [5.41, 5.74) is 5.08. The first-order valence-corrected chi connectivity index (χ1v) is 6.97. The summed E-state index contributed by atoms with van der Waals surface area (Å²) in [6, 6.07) is 2.84. The van der Waals surface area contributed by atoms with Crippen molar-refractivity contribution in [2.45, 2.75) is 31.7 Å². The van der Waals surface area contributed by atoms with Crippen LogP contribution >= 0.6 is 0 Å². The Hall–Kier alpha value is -2.02. The molecule has 2 rings (SSSR count). The third kappa shape index (κ3) is 3.55. The SMILES string of the molecule is NCC1CCCCC1NC(=O)c1cc([N+](=O)[O-])ccc1F. The lowest BCUT2D eigenvalue weighted by atomic mass is 9.84. The fraction of sp³-hybridized carbons (Fsp3) is 0.500. The van der Waals surface area contributed by atoms with Crippen LogP contribution in [0.1, 0.15) is 36.0 Å². The summed E-state index contributed by atoms with van der Waals surface area (Å²) in [4.78, 5) is 22.2. The molecule has 0 radical (unpaired) electrons. The standard InChI is InChI=1S/C14H18FN3O3/c15-12-6-5-10(18(20)21)7-11(12)14(19)17-13-4-2-1-3-9(13)8-16/h5-7,9,13H,1-4,8,16H2,(H,17,19). The normalized spacial score (nSPS) is 21.8. The van der Waals surface area contributed by atoms with Crippen LogP contribution in [0.5, 0.6) is 0 Å². The predicted octanol–water partition coefficient (Wildman–Crippen LogP) is 1.98. The van der Waals surface area contributed by atoms with Crippen molar-refractivity contribution in [1.29, 1.82) is 0 Å². The molecule has 1 aliphatic carbocycles. The Morgan fingerprint density at radius 1 is 1.43 bits per heavy atom. The molecule has 0 aliphatic heterocycles. The molecule has 1 aromatic carbocycles. The molecule has 1 saturated carbocycles. The van der Waals surface area contributed by atoms with Crippen LogP contribution in [-0.2, 0) is 0 Å². The van der Waals surface area contributed by atoms with Gasteiger partial charge >= 0.3 is 0 Å². The number of non-ortho nitro benzene ring substituents is 1. The Kier molecular flexibility index (Phi) is 4.85. The number of nitro groups is 1. The average Bonchev–Trinajstić information content (AvgIpc) is 2.47. The molecule has 0 spiro atoms. The fourth-order valence-corrected chi connectivity index (χ4v) is 2.73. The lowest BCUT2D eigenvalue weighted by Gasteiger charge is -2.31. The number of amides is 1. The van der Waals surface area contributed by atoms with E-state index in [1.807, 2.05) is 0 Å². The van der Waals surface area contributed by atoms with Gasteiger partial charge in [-0.15, -0.1) is 0 Å². The highest BCUT2D eigenvalue weighted by atomic mass is 19.1. The van der Waals surface area contributed by atoms with E-state index in [9.17, 15) is 19.3 Å². The Labute approximate surface area is 121 Å². The molecule has 21 heavy (non-hydrogen) atoms. The molecule has 1 fully saturated rings. The molecule has 1 aromatic rings. The monoisotopic (exact) mass is 295 g/mol. The van der Waals surface area contributed by atoms with Gasteiger partial charge in [0, 0.05) is 18.2 Å².